The van der Waals surface area contributed by atoms with E-state index in [1.165, 1.54) is 16.8 Å². The number of hydrogen-bond donors (Lipinski definition) is 0. The highest BCUT2D eigenvalue weighted by molar-refractivity contribution is 6.20. The largest absolute Gasteiger partial charge is 0.269 e. The van der Waals surface area contributed by atoms with E-state index in [0.717, 1.165) is 18.7 Å². The average molecular weight is 263 g/mol. The number of aromatic nitrogens is 2. The van der Waals surface area contributed by atoms with Crippen molar-refractivity contribution < 1.29 is 0 Å². The quantitative estimate of drug-likeness (QED) is 0.761. The Labute approximate surface area is 114 Å². The summed E-state index contributed by atoms with van der Waals surface area (Å²) in [6.45, 7) is 7.03. The third-order valence-corrected chi connectivity index (χ3v) is 3.51. The first-order valence-corrected chi connectivity index (χ1v) is 6.75. The number of benzene rings is 1. The lowest BCUT2D eigenvalue weighted by Crippen LogP contribution is -2.05. The van der Waals surface area contributed by atoms with Gasteiger partial charge >= 0.3 is 0 Å². The predicted octanol–water partition coefficient (Wildman–Crippen LogP) is 4.04. The van der Waals surface area contributed by atoms with Gasteiger partial charge in [-0.2, -0.15) is 5.10 Å². The molecule has 0 aliphatic rings. The summed E-state index contributed by atoms with van der Waals surface area (Å²) in [5, 5.41) is 4.60. The Balaban J connectivity index is 2.13. The molecule has 18 heavy (non-hydrogen) atoms. The van der Waals surface area contributed by atoms with Crippen LogP contribution in [0.3, 0.4) is 0 Å². The summed E-state index contributed by atoms with van der Waals surface area (Å²) in [7, 11) is 0. The van der Waals surface area contributed by atoms with E-state index < -0.39 is 0 Å². The summed E-state index contributed by atoms with van der Waals surface area (Å²) in [4.78, 5) is 0. The Morgan fingerprint density at radius 3 is 2.44 bits per heavy atom. The number of alkyl halides is 1. The molecule has 0 N–H and O–H groups in total. The van der Waals surface area contributed by atoms with Gasteiger partial charge in [0.1, 0.15) is 0 Å². The van der Waals surface area contributed by atoms with Gasteiger partial charge in [0, 0.05) is 17.8 Å². The third kappa shape index (κ3) is 2.75. The highest BCUT2D eigenvalue weighted by atomic mass is 35.5. The molecule has 1 aromatic carbocycles. The molecule has 2 aromatic rings. The molecule has 1 aromatic heterocycles. The summed E-state index contributed by atoms with van der Waals surface area (Å²) in [5.74, 6) is 0. The summed E-state index contributed by atoms with van der Waals surface area (Å²) in [5.41, 5.74) is 4.74. The summed E-state index contributed by atoms with van der Waals surface area (Å²) < 4.78 is 2.07. The Hall–Kier alpha value is -1.28. The molecule has 0 aliphatic heterocycles. The van der Waals surface area contributed by atoms with Gasteiger partial charge in [-0.05, 0) is 32.8 Å². The van der Waals surface area contributed by atoms with Gasteiger partial charge in [-0.3, -0.25) is 4.68 Å². The predicted molar refractivity (Wildman–Crippen MR) is 76.1 cm³/mol. The van der Waals surface area contributed by atoms with E-state index >= 15 is 0 Å². The van der Waals surface area contributed by atoms with E-state index in [9.17, 15) is 0 Å². The third-order valence-electron chi connectivity index (χ3n) is 3.29. The zero-order valence-electron chi connectivity index (χ0n) is 11.2. The van der Waals surface area contributed by atoms with E-state index in [4.69, 9.17) is 11.6 Å². The van der Waals surface area contributed by atoms with Crippen molar-refractivity contribution in [3.63, 3.8) is 0 Å². The van der Waals surface area contributed by atoms with E-state index in [-0.39, 0.29) is 5.38 Å². The lowest BCUT2D eigenvalue weighted by Gasteiger charge is -2.06. The summed E-state index contributed by atoms with van der Waals surface area (Å²) in [6.07, 6.45) is 0.999. The van der Waals surface area contributed by atoms with Crippen LogP contribution in [0.5, 0.6) is 0 Å². The lowest BCUT2D eigenvalue weighted by atomic mass is 10.1. The molecule has 1 unspecified atom stereocenters. The Bertz CT molecular complexity index is 515. The van der Waals surface area contributed by atoms with E-state index in [1.807, 2.05) is 19.9 Å². The maximum Gasteiger partial charge on any atom is 0.0643 e. The van der Waals surface area contributed by atoms with Crippen LogP contribution < -0.4 is 0 Å². The fourth-order valence-corrected chi connectivity index (χ4v) is 2.70. The van der Waals surface area contributed by atoms with Crippen molar-refractivity contribution >= 4 is 11.6 Å². The maximum absolute atomic E-state index is 6.19. The van der Waals surface area contributed by atoms with Crippen LogP contribution in [0.1, 0.15) is 34.8 Å². The van der Waals surface area contributed by atoms with Crippen LogP contribution in [0.4, 0.5) is 0 Å². The molecule has 2 nitrogen and oxygen atoms in total. The van der Waals surface area contributed by atoms with E-state index in [0.29, 0.717) is 0 Å². The molecule has 0 saturated heterocycles. The SMILES string of the molecule is Cc1nn(CCc2ccccc2)c(C)c1C(C)Cl. The van der Waals surface area contributed by atoms with Crippen molar-refractivity contribution in [2.75, 3.05) is 0 Å². The van der Waals surface area contributed by atoms with Crippen LogP contribution >= 0.6 is 11.6 Å². The molecule has 0 radical (unpaired) electrons. The molecule has 0 saturated carbocycles. The van der Waals surface area contributed by atoms with E-state index in [2.05, 4.69) is 41.0 Å². The molecule has 0 amide bonds. The first-order valence-electron chi connectivity index (χ1n) is 6.31. The number of nitrogens with zero attached hydrogens (tertiary/aromatic N) is 2. The first kappa shape index (κ1) is 13.2. The standard InChI is InChI=1S/C15H19ClN2/c1-11(16)15-12(2)17-18(13(15)3)10-9-14-7-5-4-6-8-14/h4-8,11H,9-10H2,1-3H3. The van der Waals surface area contributed by atoms with Crippen molar-refractivity contribution in [3.05, 3.63) is 52.8 Å². The van der Waals surface area contributed by atoms with Crippen LogP contribution in [0.15, 0.2) is 30.3 Å². The van der Waals surface area contributed by atoms with Crippen molar-refractivity contribution in [1.29, 1.82) is 0 Å². The second-order valence-electron chi connectivity index (χ2n) is 4.66. The molecule has 0 aliphatic carbocycles. The fraction of sp³-hybridized carbons (Fsp3) is 0.400. The number of aryl methyl sites for hydroxylation is 3. The fourth-order valence-electron chi connectivity index (χ4n) is 2.38. The van der Waals surface area contributed by atoms with E-state index in [1.54, 1.807) is 0 Å². The van der Waals surface area contributed by atoms with Crippen LogP contribution in [0, 0.1) is 13.8 Å². The molecule has 2 rings (SSSR count). The molecule has 1 atom stereocenters. The summed E-state index contributed by atoms with van der Waals surface area (Å²) in [6, 6.07) is 10.5. The molecular weight excluding hydrogens is 244 g/mol. The van der Waals surface area contributed by atoms with Crippen molar-refractivity contribution in [2.24, 2.45) is 0 Å². The second-order valence-corrected chi connectivity index (χ2v) is 5.31. The molecule has 0 bridgehead atoms. The van der Waals surface area contributed by atoms with Gasteiger partial charge in [-0.25, -0.2) is 0 Å². The molecule has 96 valence electrons. The van der Waals surface area contributed by atoms with Gasteiger partial charge < -0.3 is 0 Å². The zero-order valence-corrected chi connectivity index (χ0v) is 11.9. The van der Waals surface area contributed by atoms with Crippen LogP contribution in [-0.2, 0) is 13.0 Å². The van der Waals surface area contributed by atoms with Crippen molar-refractivity contribution in [2.45, 2.75) is 39.1 Å². The first-order chi connectivity index (χ1) is 8.59. The highest BCUT2D eigenvalue weighted by Crippen LogP contribution is 2.26. The van der Waals surface area contributed by atoms with Gasteiger partial charge in [0.05, 0.1) is 11.1 Å². The zero-order chi connectivity index (χ0) is 13.1. The minimum Gasteiger partial charge on any atom is -0.269 e. The van der Waals surface area contributed by atoms with Crippen LogP contribution in [0.2, 0.25) is 0 Å². The lowest BCUT2D eigenvalue weighted by molar-refractivity contribution is 0.593. The molecule has 3 heteroatoms. The minimum absolute atomic E-state index is 0.0236. The van der Waals surface area contributed by atoms with Gasteiger partial charge in [0.2, 0.25) is 0 Å². The summed E-state index contributed by atoms with van der Waals surface area (Å²) >= 11 is 6.19. The Kier molecular flexibility index (Phi) is 4.07. The Morgan fingerprint density at radius 2 is 1.89 bits per heavy atom. The van der Waals surface area contributed by atoms with Gasteiger partial charge in [-0.15, -0.1) is 11.6 Å². The monoisotopic (exact) mass is 262 g/mol. The van der Waals surface area contributed by atoms with Crippen LogP contribution in [-0.4, -0.2) is 9.78 Å². The minimum atomic E-state index is 0.0236. The van der Waals surface area contributed by atoms with Crippen molar-refractivity contribution in [3.8, 4) is 0 Å². The van der Waals surface area contributed by atoms with Gasteiger partial charge in [-0.1, -0.05) is 30.3 Å². The number of halogens is 1. The number of hydrogen-bond acceptors (Lipinski definition) is 1. The Morgan fingerprint density at radius 1 is 1.22 bits per heavy atom. The van der Waals surface area contributed by atoms with Crippen molar-refractivity contribution in [1.82, 2.24) is 9.78 Å². The van der Waals surface area contributed by atoms with Gasteiger partial charge in [0.25, 0.3) is 0 Å². The van der Waals surface area contributed by atoms with Gasteiger partial charge in [0.15, 0.2) is 0 Å². The van der Waals surface area contributed by atoms with Crippen LogP contribution in [0.25, 0.3) is 0 Å². The molecule has 1 heterocycles. The normalized spacial score (nSPS) is 12.7. The maximum atomic E-state index is 6.19. The highest BCUT2D eigenvalue weighted by Gasteiger charge is 2.15. The molecule has 0 spiro atoms. The topological polar surface area (TPSA) is 17.8 Å². The second kappa shape index (κ2) is 5.57. The smallest absolute Gasteiger partial charge is 0.0643 e. The number of rotatable bonds is 4. The average Bonchev–Trinajstić information content (AvgIpc) is 2.63. The molecular formula is C15H19ClN2. The molecule has 0 fully saturated rings.